The molecule has 1 aliphatic rings. The molecule has 26 heavy (non-hydrogen) atoms. The summed E-state index contributed by atoms with van der Waals surface area (Å²) in [4.78, 5) is 23.6. The molecule has 1 fully saturated rings. The second-order valence-electron chi connectivity index (χ2n) is 5.65. The van der Waals surface area contributed by atoms with Gasteiger partial charge in [0.1, 0.15) is 6.23 Å². The first-order valence-electron chi connectivity index (χ1n) is 8.32. The van der Waals surface area contributed by atoms with E-state index in [1.165, 1.54) is 16.4 Å². The number of hydrogen-bond acceptors (Lipinski definition) is 6. The van der Waals surface area contributed by atoms with Crippen molar-refractivity contribution >= 4 is 21.8 Å². The summed E-state index contributed by atoms with van der Waals surface area (Å²) in [6.45, 7) is 0.574. The Hall–Kier alpha value is -2.01. The minimum Gasteiger partial charge on any atom is -0.396 e. The normalized spacial score (nSPS) is 18.3. The van der Waals surface area contributed by atoms with Gasteiger partial charge >= 0.3 is 11.8 Å². The summed E-state index contributed by atoms with van der Waals surface area (Å²) in [6, 6.07) is 7.97. The summed E-state index contributed by atoms with van der Waals surface area (Å²) >= 11 is 0. The van der Waals surface area contributed by atoms with E-state index in [0.29, 0.717) is 19.4 Å². The van der Waals surface area contributed by atoms with Crippen molar-refractivity contribution in [3.8, 4) is 0 Å². The fourth-order valence-corrected chi connectivity index (χ4v) is 4.04. The molecule has 1 heterocycles. The molecule has 0 saturated carbocycles. The monoisotopic (exact) mass is 385 g/mol. The molecular formula is C16H23N3O6S. The van der Waals surface area contributed by atoms with Crippen LogP contribution in [0.3, 0.4) is 0 Å². The summed E-state index contributed by atoms with van der Waals surface area (Å²) in [5.74, 6) is -1.72. The maximum absolute atomic E-state index is 12.8. The molecule has 9 nitrogen and oxygen atoms in total. The third kappa shape index (κ3) is 5.24. The zero-order chi connectivity index (χ0) is 19.0. The van der Waals surface area contributed by atoms with Crippen LogP contribution in [0, 0.1) is 0 Å². The highest BCUT2D eigenvalue weighted by Crippen LogP contribution is 2.21. The summed E-state index contributed by atoms with van der Waals surface area (Å²) in [5.41, 5.74) is 0. The van der Waals surface area contributed by atoms with Gasteiger partial charge in [0.05, 0.1) is 18.0 Å². The van der Waals surface area contributed by atoms with Crippen molar-refractivity contribution in [2.45, 2.75) is 24.0 Å². The number of nitrogens with zero attached hydrogens (tertiary/aromatic N) is 1. The zero-order valence-electron chi connectivity index (χ0n) is 14.3. The molecule has 1 unspecified atom stereocenters. The van der Waals surface area contributed by atoms with Crippen LogP contribution in [0.1, 0.15) is 12.8 Å². The van der Waals surface area contributed by atoms with E-state index in [1.54, 1.807) is 18.2 Å². The number of hydrogen-bond donors (Lipinski definition) is 3. The van der Waals surface area contributed by atoms with E-state index in [-0.39, 0.29) is 31.1 Å². The van der Waals surface area contributed by atoms with Gasteiger partial charge < -0.3 is 20.5 Å². The van der Waals surface area contributed by atoms with Crippen molar-refractivity contribution < 1.29 is 27.9 Å². The lowest BCUT2D eigenvalue weighted by Gasteiger charge is -2.34. The lowest BCUT2D eigenvalue weighted by molar-refractivity contribution is -0.140. The van der Waals surface area contributed by atoms with Crippen molar-refractivity contribution in [3.63, 3.8) is 0 Å². The molecule has 1 atom stereocenters. The molecule has 3 N–H and O–H groups in total. The summed E-state index contributed by atoms with van der Waals surface area (Å²) < 4.78 is 32.2. The van der Waals surface area contributed by atoms with Gasteiger partial charge in [-0.25, -0.2) is 8.42 Å². The van der Waals surface area contributed by atoms with Gasteiger partial charge in [-0.15, -0.1) is 0 Å². The zero-order valence-corrected chi connectivity index (χ0v) is 15.1. The molecule has 0 aromatic heterocycles. The maximum atomic E-state index is 12.8. The third-order valence-corrected chi connectivity index (χ3v) is 5.67. The topological polar surface area (TPSA) is 125 Å². The van der Waals surface area contributed by atoms with Crippen molar-refractivity contribution in [1.29, 1.82) is 0 Å². The van der Waals surface area contributed by atoms with Crippen LogP contribution in [0.4, 0.5) is 0 Å². The molecule has 1 aliphatic heterocycles. The van der Waals surface area contributed by atoms with E-state index in [4.69, 9.17) is 9.84 Å². The van der Waals surface area contributed by atoms with Crippen LogP contribution in [0.25, 0.3) is 0 Å². The summed E-state index contributed by atoms with van der Waals surface area (Å²) in [6.07, 6.45) is -0.00501. The highest BCUT2D eigenvalue weighted by molar-refractivity contribution is 7.89. The number of nitrogens with one attached hydrogen (secondary N) is 2. The van der Waals surface area contributed by atoms with E-state index in [9.17, 15) is 18.0 Å². The molecule has 1 aromatic rings. The Balaban J connectivity index is 1.99. The van der Waals surface area contributed by atoms with Crippen molar-refractivity contribution in [2.75, 3.05) is 32.8 Å². The minimum absolute atomic E-state index is 0.0931. The quantitative estimate of drug-likeness (QED) is 0.410. The van der Waals surface area contributed by atoms with E-state index < -0.39 is 28.1 Å². The van der Waals surface area contributed by atoms with Crippen LogP contribution >= 0.6 is 0 Å². The molecule has 1 saturated heterocycles. The Kier molecular flexibility index (Phi) is 7.51. The number of rotatable bonds is 7. The first kappa shape index (κ1) is 20.3. The maximum Gasteiger partial charge on any atom is 0.309 e. The molecule has 2 rings (SSSR count). The highest BCUT2D eigenvalue weighted by atomic mass is 32.2. The van der Waals surface area contributed by atoms with Crippen molar-refractivity contribution in [2.24, 2.45) is 0 Å². The Morgan fingerprint density at radius 3 is 2.58 bits per heavy atom. The van der Waals surface area contributed by atoms with Crippen LogP contribution in [-0.2, 0) is 24.3 Å². The minimum atomic E-state index is -3.77. The van der Waals surface area contributed by atoms with E-state index in [0.717, 1.165) is 0 Å². The fourth-order valence-electron chi connectivity index (χ4n) is 2.45. The van der Waals surface area contributed by atoms with Gasteiger partial charge in [0, 0.05) is 19.7 Å². The number of amides is 2. The van der Waals surface area contributed by atoms with E-state index in [1.807, 2.05) is 0 Å². The van der Waals surface area contributed by atoms with Crippen molar-refractivity contribution in [1.82, 2.24) is 14.9 Å². The summed E-state index contributed by atoms with van der Waals surface area (Å²) in [7, 11) is -3.77. The second-order valence-corrected chi connectivity index (χ2v) is 7.54. The number of benzene rings is 1. The van der Waals surface area contributed by atoms with E-state index in [2.05, 4.69) is 10.6 Å². The van der Waals surface area contributed by atoms with Gasteiger partial charge in [-0.05, 0) is 25.0 Å². The molecule has 1 aromatic carbocycles. The number of sulfonamides is 1. The SMILES string of the molecule is O=C(NCCCO)C(=O)NCC1OCCCN1S(=O)(=O)c1ccccc1. The lowest BCUT2D eigenvalue weighted by atomic mass is 10.3. The van der Waals surface area contributed by atoms with Gasteiger partial charge in [0.15, 0.2) is 0 Å². The standard InChI is InChI=1S/C16H23N3O6S/c20-10-4-8-17-15(21)16(22)18-12-14-19(9-5-11-25-14)26(23,24)13-6-2-1-3-7-13/h1-3,6-7,14,20H,4-5,8-12H2,(H,17,21)(H,18,22). The smallest absolute Gasteiger partial charge is 0.309 e. The largest absolute Gasteiger partial charge is 0.396 e. The predicted octanol–water partition coefficient (Wildman–Crippen LogP) is -0.961. The summed E-state index contributed by atoms with van der Waals surface area (Å²) in [5, 5.41) is 13.4. The average Bonchev–Trinajstić information content (AvgIpc) is 2.67. The number of carbonyl (C=O) groups is 2. The molecular weight excluding hydrogens is 362 g/mol. The van der Waals surface area contributed by atoms with E-state index >= 15 is 0 Å². The van der Waals surface area contributed by atoms with Crippen LogP contribution in [0.15, 0.2) is 35.2 Å². The Morgan fingerprint density at radius 2 is 1.88 bits per heavy atom. The van der Waals surface area contributed by atoms with Gasteiger partial charge in [0.2, 0.25) is 10.0 Å². The number of aliphatic hydroxyl groups excluding tert-OH is 1. The predicted molar refractivity (Wildman–Crippen MR) is 92.4 cm³/mol. The third-order valence-electron chi connectivity index (χ3n) is 3.77. The first-order chi connectivity index (χ1) is 12.5. The van der Waals surface area contributed by atoms with Crippen molar-refractivity contribution in [3.05, 3.63) is 30.3 Å². The highest BCUT2D eigenvalue weighted by Gasteiger charge is 2.34. The number of ether oxygens (including phenoxy) is 1. The number of aliphatic hydroxyl groups is 1. The fraction of sp³-hybridized carbons (Fsp3) is 0.500. The molecule has 2 amide bonds. The Labute approximate surface area is 152 Å². The lowest BCUT2D eigenvalue weighted by Crippen LogP contribution is -2.53. The van der Waals surface area contributed by atoms with Gasteiger partial charge in [-0.3, -0.25) is 9.59 Å². The molecule has 10 heteroatoms. The molecule has 0 spiro atoms. The van der Waals surface area contributed by atoms with Gasteiger partial charge in [-0.2, -0.15) is 4.31 Å². The van der Waals surface area contributed by atoms with Crippen LogP contribution in [-0.4, -0.2) is 68.7 Å². The van der Waals surface area contributed by atoms with Crippen LogP contribution in [0.5, 0.6) is 0 Å². The second kappa shape index (κ2) is 9.62. The first-order valence-corrected chi connectivity index (χ1v) is 9.76. The van der Waals surface area contributed by atoms with Crippen LogP contribution < -0.4 is 10.6 Å². The molecule has 0 bridgehead atoms. The molecule has 0 radical (unpaired) electrons. The number of carbonyl (C=O) groups excluding carboxylic acids is 2. The van der Waals surface area contributed by atoms with Gasteiger partial charge in [0.25, 0.3) is 0 Å². The Morgan fingerprint density at radius 1 is 1.19 bits per heavy atom. The van der Waals surface area contributed by atoms with Crippen LogP contribution in [0.2, 0.25) is 0 Å². The molecule has 0 aliphatic carbocycles. The Bertz CT molecular complexity index is 710. The van der Waals surface area contributed by atoms with Gasteiger partial charge in [-0.1, -0.05) is 18.2 Å². The molecule has 144 valence electrons. The average molecular weight is 385 g/mol.